The normalized spacial score (nSPS) is 45.7. The molecular formula is C20H32O3. The lowest BCUT2D eigenvalue weighted by Gasteiger charge is -2.60. The summed E-state index contributed by atoms with van der Waals surface area (Å²) in [5.74, 6) is 1.03. The van der Waals surface area contributed by atoms with Gasteiger partial charge in [-0.3, -0.25) is 4.79 Å². The third-order valence-electron chi connectivity index (χ3n) is 7.76. The molecular weight excluding hydrogens is 288 g/mol. The molecule has 0 saturated heterocycles. The van der Waals surface area contributed by atoms with Crippen LogP contribution in [0.3, 0.4) is 0 Å². The fraction of sp³-hybridized carbons (Fsp3) is 0.850. The fourth-order valence-electron chi connectivity index (χ4n) is 6.04. The molecule has 0 spiro atoms. The number of ketones is 1. The molecule has 0 aromatic heterocycles. The molecule has 0 heterocycles. The highest BCUT2D eigenvalue weighted by atomic mass is 16.3. The Bertz CT molecular complexity index is 535. The van der Waals surface area contributed by atoms with Gasteiger partial charge in [-0.05, 0) is 61.2 Å². The van der Waals surface area contributed by atoms with Gasteiger partial charge in [-0.2, -0.15) is 0 Å². The quantitative estimate of drug-likeness (QED) is 0.766. The molecule has 0 aromatic rings. The van der Waals surface area contributed by atoms with E-state index in [4.69, 9.17) is 0 Å². The number of aliphatic hydroxyl groups excluding tert-OH is 2. The van der Waals surface area contributed by atoms with Gasteiger partial charge in [-0.25, -0.2) is 0 Å². The molecule has 2 N–H and O–H groups in total. The predicted molar refractivity (Wildman–Crippen MR) is 90.9 cm³/mol. The summed E-state index contributed by atoms with van der Waals surface area (Å²) in [5, 5.41) is 19.8. The van der Waals surface area contributed by atoms with E-state index in [0.717, 1.165) is 38.5 Å². The Hall–Kier alpha value is -0.670. The van der Waals surface area contributed by atoms with Crippen LogP contribution >= 0.6 is 0 Å². The average molecular weight is 320 g/mol. The molecule has 0 amide bonds. The van der Waals surface area contributed by atoms with Gasteiger partial charge < -0.3 is 10.2 Å². The van der Waals surface area contributed by atoms with E-state index in [2.05, 4.69) is 26.8 Å². The molecule has 2 fully saturated rings. The molecule has 0 radical (unpaired) electrons. The van der Waals surface area contributed by atoms with Crippen LogP contribution in [0.1, 0.15) is 66.2 Å². The summed E-state index contributed by atoms with van der Waals surface area (Å²) in [6.07, 6.45) is 7.84. The topological polar surface area (TPSA) is 57.5 Å². The number of Topliss-reactive ketones (excluding diaryl/α,β-unsaturated/α-hetero) is 1. The molecule has 0 aliphatic heterocycles. The number of hydrogen-bond acceptors (Lipinski definition) is 3. The maximum atomic E-state index is 12.2. The van der Waals surface area contributed by atoms with Crippen LogP contribution in [0.25, 0.3) is 0 Å². The summed E-state index contributed by atoms with van der Waals surface area (Å²) >= 11 is 0. The first-order chi connectivity index (χ1) is 10.6. The zero-order chi connectivity index (χ0) is 17.0. The molecule has 3 rings (SSSR count). The Morgan fingerprint density at radius 3 is 2.57 bits per heavy atom. The van der Waals surface area contributed by atoms with Gasteiger partial charge in [0.05, 0.1) is 6.10 Å². The Balaban J connectivity index is 1.92. The molecule has 2 saturated carbocycles. The number of carbonyl (C=O) groups excluding carboxylic acids is 1. The zero-order valence-electron chi connectivity index (χ0n) is 15.1. The number of carbonyl (C=O) groups is 1. The molecule has 3 heteroatoms. The van der Waals surface area contributed by atoms with Gasteiger partial charge in [0.15, 0.2) is 5.78 Å². The van der Waals surface area contributed by atoms with Crippen molar-refractivity contribution in [3.05, 3.63) is 11.6 Å². The number of aliphatic hydroxyl groups is 2. The summed E-state index contributed by atoms with van der Waals surface area (Å²) in [5.41, 5.74) is 1.24. The first kappa shape index (κ1) is 17.2. The minimum atomic E-state index is -0.385. The van der Waals surface area contributed by atoms with E-state index >= 15 is 0 Å². The van der Waals surface area contributed by atoms with E-state index in [0.29, 0.717) is 11.8 Å². The molecule has 3 aliphatic carbocycles. The minimum absolute atomic E-state index is 0.0106. The van der Waals surface area contributed by atoms with Crippen molar-refractivity contribution in [2.24, 2.45) is 28.1 Å². The Kier molecular flexibility index (Phi) is 4.04. The van der Waals surface area contributed by atoms with Crippen molar-refractivity contribution in [1.82, 2.24) is 0 Å². The van der Waals surface area contributed by atoms with Gasteiger partial charge in [0.1, 0.15) is 6.61 Å². The van der Waals surface area contributed by atoms with Crippen LogP contribution in [0, 0.1) is 28.1 Å². The van der Waals surface area contributed by atoms with E-state index in [-0.39, 0.29) is 34.7 Å². The molecule has 23 heavy (non-hydrogen) atoms. The monoisotopic (exact) mass is 320 g/mol. The molecule has 0 aromatic carbocycles. The highest BCUT2D eigenvalue weighted by molar-refractivity contribution is 5.85. The van der Waals surface area contributed by atoms with Crippen molar-refractivity contribution in [2.45, 2.75) is 72.3 Å². The second kappa shape index (κ2) is 5.42. The van der Waals surface area contributed by atoms with Crippen molar-refractivity contribution >= 4 is 5.78 Å². The molecule has 3 aliphatic rings. The first-order valence-electron chi connectivity index (χ1n) is 9.16. The zero-order valence-corrected chi connectivity index (χ0v) is 15.1. The van der Waals surface area contributed by atoms with Gasteiger partial charge in [-0.15, -0.1) is 0 Å². The molecule has 5 atom stereocenters. The number of fused-ring (bicyclic) bond motifs is 3. The summed E-state index contributed by atoms with van der Waals surface area (Å²) in [4.78, 5) is 12.2. The summed E-state index contributed by atoms with van der Waals surface area (Å²) in [6, 6.07) is 0. The second-order valence-electron chi connectivity index (χ2n) is 9.36. The molecule has 0 bridgehead atoms. The van der Waals surface area contributed by atoms with Crippen molar-refractivity contribution in [3.8, 4) is 0 Å². The van der Waals surface area contributed by atoms with Crippen molar-refractivity contribution in [1.29, 1.82) is 0 Å². The van der Waals surface area contributed by atoms with E-state index < -0.39 is 0 Å². The number of rotatable bonds is 2. The minimum Gasteiger partial charge on any atom is -0.393 e. The molecule has 130 valence electrons. The third-order valence-corrected chi connectivity index (χ3v) is 7.76. The molecule has 3 nitrogen and oxygen atoms in total. The summed E-state index contributed by atoms with van der Waals surface area (Å²) in [7, 11) is 0. The van der Waals surface area contributed by atoms with Crippen LogP contribution in [-0.2, 0) is 4.79 Å². The van der Waals surface area contributed by atoms with E-state index in [1.807, 2.05) is 6.92 Å². The smallest absolute Gasteiger partial charge is 0.164 e. The fourth-order valence-corrected chi connectivity index (χ4v) is 6.04. The third kappa shape index (κ3) is 2.42. The van der Waals surface area contributed by atoms with Gasteiger partial charge in [0.25, 0.3) is 0 Å². The lowest BCUT2D eigenvalue weighted by atomic mass is 9.45. The Morgan fingerprint density at radius 2 is 1.91 bits per heavy atom. The van der Waals surface area contributed by atoms with Gasteiger partial charge >= 0.3 is 0 Å². The first-order valence-corrected chi connectivity index (χ1v) is 9.16. The van der Waals surface area contributed by atoms with E-state index in [9.17, 15) is 15.0 Å². The van der Waals surface area contributed by atoms with Crippen LogP contribution in [0.5, 0.6) is 0 Å². The number of allylic oxidation sites excluding steroid dienone is 2. The maximum Gasteiger partial charge on any atom is 0.164 e. The Morgan fingerprint density at radius 1 is 1.22 bits per heavy atom. The van der Waals surface area contributed by atoms with Crippen molar-refractivity contribution < 1.29 is 15.0 Å². The lowest BCUT2D eigenvalue weighted by molar-refractivity contribution is -0.137. The highest BCUT2D eigenvalue weighted by Gasteiger charge is 2.57. The van der Waals surface area contributed by atoms with Crippen molar-refractivity contribution in [3.63, 3.8) is 0 Å². The SMILES string of the molecule is CC1(C)[C@@H](O)CC[C@]2(C)[C@H]3CC[C@](C)(C(=O)CO)CC3=CC[C@@H]12. The van der Waals surface area contributed by atoms with Gasteiger partial charge in [-0.1, -0.05) is 39.3 Å². The van der Waals surface area contributed by atoms with Crippen LogP contribution in [-0.4, -0.2) is 28.7 Å². The van der Waals surface area contributed by atoms with E-state index in [1.54, 1.807) is 0 Å². The molecule has 0 unspecified atom stereocenters. The standard InChI is InChI=1S/C20H32O3/c1-18(2)15-6-5-13-11-19(3,17(23)12-21)9-7-14(13)20(15,4)10-8-16(18)22/h5,14-16,21-22H,6-12H2,1-4H3/t14-,15-,16-,19-,20+/m0/s1. The number of hydrogen-bond donors (Lipinski definition) is 2. The summed E-state index contributed by atoms with van der Waals surface area (Å²) in [6.45, 7) is 8.54. The Labute approximate surface area is 140 Å². The average Bonchev–Trinajstić information content (AvgIpc) is 2.50. The lowest BCUT2D eigenvalue weighted by Crippen LogP contribution is -2.55. The maximum absolute atomic E-state index is 12.2. The van der Waals surface area contributed by atoms with Crippen LogP contribution in [0.4, 0.5) is 0 Å². The second-order valence-corrected chi connectivity index (χ2v) is 9.36. The van der Waals surface area contributed by atoms with E-state index in [1.165, 1.54) is 5.57 Å². The van der Waals surface area contributed by atoms with Crippen LogP contribution in [0.2, 0.25) is 0 Å². The highest BCUT2D eigenvalue weighted by Crippen LogP contribution is 2.63. The van der Waals surface area contributed by atoms with Crippen molar-refractivity contribution in [2.75, 3.05) is 6.61 Å². The predicted octanol–water partition coefficient (Wildman–Crippen LogP) is 3.49. The van der Waals surface area contributed by atoms with Gasteiger partial charge in [0, 0.05) is 5.41 Å². The summed E-state index contributed by atoms with van der Waals surface area (Å²) < 4.78 is 0. The van der Waals surface area contributed by atoms with Crippen LogP contribution < -0.4 is 0 Å². The largest absolute Gasteiger partial charge is 0.393 e. The van der Waals surface area contributed by atoms with Gasteiger partial charge in [0.2, 0.25) is 0 Å². The van der Waals surface area contributed by atoms with Crippen LogP contribution in [0.15, 0.2) is 11.6 Å².